The first kappa shape index (κ1) is 55.3. The Morgan fingerprint density at radius 2 is 0.859 bits per heavy atom. The number of rotatable bonds is 25. The van der Waals surface area contributed by atoms with Crippen LogP contribution in [-0.2, 0) is 12.8 Å². The standard InChI is InChI=1S/C73H79N3OS/c1-8-12-24-57-47-58(25-13-9-2)49-70(48-57)74(66-30-20-27-61(51-66)62-28-21-32-68(52-62)76(73-33-17-16-23-56(73)7)64-38-40-72(41-39-64)78-43-15-11-4)63-36-34-59(35-37-63)60-26-19-31-67(50-60)75(65-29-18-22-54(5)44-65)69-45-55(6)46-71(53-69)77-42-14-10-3/h16-23,26-41,44-53H,8-15,24-25,42-43H2,1-7H3. The molecule has 78 heavy (non-hydrogen) atoms. The van der Waals surface area contributed by atoms with Gasteiger partial charge in [0.15, 0.2) is 0 Å². The smallest absolute Gasteiger partial charge is 0.121 e. The lowest BCUT2D eigenvalue weighted by Gasteiger charge is -2.28. The van der Waals surface area contributed by atoms with Crippen LogP contribution in [0.25, 0.3) is 22.3 Å². The number of hydrogen-bond donors (Lipinski definition) is 0. The van der Waals surface area contributed by atoms with Crippen molar-refractivity contribution >= 4 is 62.9 Å². The Labute approximate surface area is 471 Å². The lowest BCUT2D eigenvalue weighted by Crippen LogP contribution is -2.12. The van der Waals surface area contributed by atoms with Crippen LogP contribution in [0.4, 0.5) is 51.2 Å². The third-order valence-electron chi connectivity index (χ3n) is 14.6. The summed E-state index contributed by atoms with van der Waals surface area (Å²) in [5.41, 5.74) is 21.2. The number of unbranched alkanes of at least 4 members (excludes halogenated alkanes) is 4. The zero-order chi connectivity index (χ0) is 54.2. The maximum absolute atomic E-state index is 6.31. The molecule has 0 bridgehead atoms. The molecule has 0 atom stereocenters. The maximum Gasteiger partial charge on any atom is 0.121 e. The lowest BCUT2D eigenvalue weighted by molar-refractivity contribution is 0.309. The van der Waals surface area contributed by atoms with Crippen molar-refractivity contribution in [1.82, 2.24) is 0 Å². The zero-order valence-electron chi connectivity index (χ0n) is 47.3. The lowest BCUT2D eigenvalue weighted by atomic mass is 9.99. The van der Waals surface area contributed by atoms with E-state index in [1.165, 1.54) is 68.1 Å². The van der Waals surface area contributed by atoms with Gasteiger partial charge in [-0.05, 0) is 230 Å². The van der Waals surface area contributed by atoms with Crippen LogP contribution in [-0.4, -0.2) is 12.4 Å². The molecule has 4 nitrogen and oxygen atoms in total. The molecule has 0 spiro atoms. The van der Waals surface area contributed by atoms with Gasteiger partial charge in [0.1, 0.15) is 5.75 Å². The predicted octanol–water partition coefficient (Wildman–Crippen LogP) is 22.1. The van der Waals surface area contributed by atoms with E-state index in [4.69, 9.17) is 4.74 Å². The fourth-order valence-electron chi connectivity index (χ4n) is 10.4. The molecular formula is C73H79N3OS. The van der Waals surface area contributed by atoms with Crippen molar-refractivity contribution in [3.63, 3.8) is 0 Å². The summed E-state index contributed by atoms with van der Waals surface area (Å²) in [4.78, 5) is 8.57. The summed E-state index contributed by atoms with van der Waals surface area (Å²) in [7, 11) is 0. The molecule has 5 heteroatoms. The average molecular weight is 1050 g/mol. The summed E-state index contributed by atoms with van der Waals surface area (Å²) in [6.07, 6.45) is 11.3. The summed E-state index contributed by atoms with van der Waals surface area (Å²) < 4.78 is 6.31. The van der Waals surface area contributed by atoms with Gasteiger partial charge in [-0.25, -0.2) is 0 Å². The molecule has 0 aliphatic heterocycles. The van der Waals surface area contributed by atoms with Crippen LogP contribution in [0.1, 0.15) is 107 Å². The molecule has 9 rings (SSSR count). The van der Waals surface area contributed by atoms with E-state index in [-0.39, 0.29) is 0 Å². The van der Waals surface area contributed by atoms with Crippen LogP contribution < -0.4 is 19.4 Å². The number of para-hydroxylation sites is 1. The van der Waals surface area contributed by atoms with Gasteiger partial charge < -0.3 is 19.4 Å². The molecule has 398 valence electrons. The second-order valence-electron chi connectivity index (χ2n) is 20.9. The van der Waals surface area contributed by atoms with Gasteiger partial charge in [-0.1, -0.05) is 138 Å². The topological polar surface area (TPSA) is 19.0 Å². The van der Waals surface area contributed by atoms with Gasteiger partial charge >= 0.3 is 0 Å². The summed E-state index contributed by atoms with van der Waals surface area (Å²) in [5.74, 6) is 2.04. The summed E-state index contributed by atoms with van der Waals surface area (Å²) >= 11 is 1.94. The Bertz CT molecular complexity index is 3340. The van der Waals surface area contributed by atoms with E-state index in [2.05, 4.69) is 269 Å². The molecule has 0 saturated heterocycles. The molecule has 0 aromatic heterocycles. The Kier molecular flexibility index (Phi) is 19.3. The first-order valence-corrected chi connectivity index (χ1v) is 29.7. The maximum atomic E-state index is 6.31. The fourth-order valence-corrected chi connectivity index (χ4v) is 11.4. The van der Waals surface area contributed by atoms with Crippen molar-refractivity contribution in [2.75, 3.05) is 27.1 Å². The molecule has 0 saturated carbocycles. The number of thioether (sulfide) groups is 1. The van der Waals surface area contributed by atoms with Gasteiger partial charge in [-0.15, -0.1) is 11.8 Å². The van der Waals surface area contributed by atoms with Crippen LogP contribution in [0.3, 0.4) is 0 Å². The molecule has 9 aromatic rings. The third kappa shape index (κ3) is 14.0. The highest BCUT2D eigenvalue weighted by Crippen LogP contribution is 2.43. The van der Waals surface area contributed by atoms with Crippen molar-refractivity contribution in [1.29, 1.82) is 0 Å². The van der Waals surface area contributed by atoms with Crippen molar-refractivity contribution in [3.8, 4) is 28.0 Å². The molecule has 9 aromatic carbocycles. The largest absolute Gasteiger partial charge is 0.494 e. The first-order chi connectivity index (χ1) is 38.2. The Hall–Kier alpha value is -7.47. The monoisotopic (exact) mass is 1050 g/mol. The van der Waals surface area contributed by atoms with Gasteiger partial charge in [0.25, 0.3) is 0 Å². The first-order valence-electron chi connectivity index (χ1n) is 28.8. The van der Waals surface area contributed by atoms with Crippen LogP contribution in [0.15, 0.2) is 211 Å². The molecular weight excluding hydrogens is 967 g/mol. The Morgan fingerprint density at radius 1 is 0.359 bits per heavy atom. The normalized spacial score (nSPS) is 11.2. The highest BCUT2D eigenvalue weighted by atomic mass is 32.2. The van der Waals surface area contributed by atoms with E-state index in [0.717, 1.165) is 114 Å². The highest BCUT2D eigenvalue weighted by Gasteiger charge is 2.20. The predicted molar refractivity (Wildman–Crippen MR) is 339 cm³/mol. The fraction of sp³-hybridized carbons (Fsp3) is 0.260. The van der Waals surface area contributed by atoms with E-state index in [1.54, 1.807) is 0 Å². The quantitative estimate of drug-likeness (QED) is 0.0418. The van der Waals surface area contributed by atoms with Gasteiger partial charge in [0.05, 0.1) is 12.3 Å². The van der Waals surface area contributed by atoms with E-state index in [9.17, 15) is 0 Å². The van der Waals surface area contributed by atoms with E-state index in [1.807, 2.05) is 11.8 Å². The average Bonchev–Trinajstić information content (AvgIpc) is 3.55. The Balaban J connectivity index is 1.11. The second kappa shape index (κ2) is 27.2. The van der Waals surface area contributed by atoms with Crippen LogP contribution in [0, 0.1) is 20.8 Å². The van der Waals surface area contributed by atoms with Crippen LogP contribution >= 0.6 is 11.8 Å². The second-order valence-corrected chi connectivity index (χ2v) is 22.1. The van der Waals surface area contributed by atoms with Gasteiger partial charge in [0, 0.05) is 56.5 Å². The van der Waals surface area contributed by atoms with Gasteiger partial charge in [-0.3, -0.25) is 0 Å². The molecule has 0 unspecified atom stereocenters. The van der Waals surface area contributed by atoms with Gasteiger partial charge in [-0.2, -0.15) is 0 Å². The van der Waals surface area contributed by atoms with Gasteiger partial charge in [0.2, 0.25) is 0 Å². The molecule has 0 aliphatic rings. The Morgan fingerprint density at radius 3 is 1.45 bits per heavy atom. The number of nitrogens with zero attached hydrogens (tertiary/aromatic N) is 3. The van der Waals surface area contributed by atoms with Crippen molar-refractivity contribution in [2.24, 2.45) is 0 Å². The molecule has 0 aliphatic carbocycles. The summed E-state index contributed by atoms with van der Waals surface area (Å²) in [6, 6.07) is 77.0. The van der Waals surface area contributed by atoms with Crippen molar-refractivity contribution < 1.29 is 4.74 Å². The van der Waals surface area contributed by atoms with Crippen molar-refractivity contribution in [3.05, 3.63) is 234 Å². The number of ether oxygens (including phenoxy) is 1. The minimum atomic E-state index is 0.707. The summed E-state index contributed by atoms with van der Waals surface area (Å²) in [5, 5.41) is 0. The minimum absolute atomic E-state index is 0.707. The summed E-state index contributed by atoms with van der Waals surface area (Å²) in [6.45, 7) is 16.3. The minimum Gasteiger partial charge on any atom is -0.494 e. The zero-order valence-corrected chi connectivity index (χ0v) is 48.1. The highest BCUT2D eigenvalue weighted by molar-refractivity contribution is 7.99. The number of aryl methyl sites for hydroxylation is 5. The van der Waals surface area contributed by atoms with E-state index < -0.39 is 0 Å². The van der Waals surface area contributed by atoms with E-state index in [0.29, 0.717) is 6.61 Å². The van der Waals surface area contributed by atoms with E-state index >= 15 is 0 Å². The molecule has 0 heterocycles. The molecule has 0 radical (unpaired) electrons. The number of anilines is 9. The number of benzene rings is 9. The van der Waals surface area contributed by atoms with Crippen LogP contribution in [0.5, 0.6) is 5.75 Å². The molecule has 0 fully saturated rings. The third-order valence-corrected chi connectivity index (χ3v) is 15.7. The van der Waals surface area contributed by atoms with Crippen molar-refractivity contribution in [2.45, 2.75) is 118 Å². The molecule has 0 N–H and O–H groups in total. The number of hydrogen-bond acceptors (Lipinski definition) is 5. The SMILES string of the molecule is CCCCOc1cc(C)cc(N(c2cccc(C)c2)c2cccc(-c3ccc(N(c4cc(CCCC)cc(CCCC)c4)c4cccc(-c5cccc(N(c6ccc(SCCCC)cc6)c6ccccc6C)c5)c4)cc3)c2)c1. The molecule has 0 amide bonds. The van der Waals surface area contributed by atoms with Crippen LogP contribution in [0.2, 0.25) is 0 Å².